The molecule has 0 aromatic carbocycles. The molecule has 0 saturated carbocycles. The lowest BCUT2D eigenvalue weighted by molar-refractivity contribution is -0.134. The molecule has 0 saturated heterocycles. The maximum Gasteiger partial charge on any atom is 0.243 e. The summed E-state index contributed by atoms with van der Waals surface area (Å²) < 4.78 is 0. The Balaban J connectivity index is 3.18. The minimum Gasteiger partial charge on any atom is -0.337 e. The topological polar surface area (TPSA) is 97.0 Å². The average molecular weight is 362 g/mol. The lowest BCUT2D eigenvalue weighted by Gasteiger charge is -2.36. The Morgan fingerprint density at radius 2 is 1.72 bits per heavy atom. The lowest BCUT2D eigenvalue weighted by Crippen LogP contribution is -2.47. The van der Waals surface area contributed by atoms with E-state index in [0.29, 0.717) is 10.6 Å². The van der Waals surface area contributed by atoms with Crippen LogP contribution in [-0.2, 0) is 9.59 Å². The van der Waals surface area contributed by atoms with Gasteiger partial charge in [-0.2, -0.15) is 10.5 Å². The van der Waals surface area contributed by atoms with Crippen LogP contribution in [0.3, 0.4) is 0 Å². The van der Waals surface area contributed by atoms with Crippen LogP contribution in [0, 0.1) is 34.0 Å². The highest BCUT2D eigenvalue weighted by Crippen LogP contribution is 2.42. The molecule has 1 aliphatic rings. The Hall–Kier alpha value is -1.99. The number of rotatable bonds is 5. The number of hydrogen-bond donors (Lipinski definition) is 1. The van der Waals surface area contributed by atoms with E-state index in [2.05, 4.69) is 11.4 Å². The number of carbonyl (C=O) groups excluding carboxylic acids is 2. The largest absolute Gasteiger partial charge is 0.337 e. The van der Waals surface area contributed by atoms with Crippen LogP contribution in [0.15, 0.2) is 10.6 Å². The molecular weight excluding hydrogens is 336 g/mol. The normalized spacial score (nSPS) is 20.8. The second-order valence-corrected chi connectivity index (χ2v) is 8.63. The van der Waals surface area contributed by atoms with E-state index in [1.165, 1.54) is 11.8 Å². The van der Waals surface area contributed by atoms with Gasteiger partial charge in [0, 0.05) is 17.5 Å². The first-order valence-corrected chi connectivity index (χ1v) is 9.21. The zero-order valence-electron chi connectivity index (χ0n) is 15.9. The molecule has 0 bridgehead atoms. The summed E-state index contributed by atoms with van der Waals surface area (Å²) in [6.07, 6.45) is 0. The van der Waals surface area contributed by atoms with E-state index >= 15 is 0 Å². The Labute approximate surface area is 154 Å². The number of amides is 2. The van der Waals surface area contributed by atoms with E-state index in [4.69, 9.17) is 0 Å². The molecule has 0 aliphatic carbocycles. The molecule has 25 heavy (non-hydrogen) atoms. The van der Waals surface area contributed by atoms with Gasteiger partial charge in [-0.1, -0.05) is 25.6 Å². The van der Waals surface area contributed by atoms with E-state index in [1.54, 1.807) is 25.7 Å². The van der Waals surface area contributed by atoms with E-state index < -0.39 is 22.5 Å². The Kier molecular flexibility index (Phi) is 6.68. The summed E-state index contributed by atoms with van der Waals surface area (Å²) in [5.74, 6) is -1.41. The third kappa shape index (κ3) is 4.16. The van der Waals surface area contributed by atoms with Crippen LogP contribution in [0.4, 0.5) is 0 Å². The average Bonchev–Trinajstić information content (AvgIpc) is 2.45. The van der Waals surface area contributed by atoms with Gasteiger partial charge < -0.3 is 10.2 Å². The van der Waals surface area contributed by atoms with Crippen molar-refractivity contribution in [3.8, 4) is 12.1 Å². The molecule has 1 N–H and O–H groups in total. The van der Waals surface area contributed by atoms with Crippen molar-refractivity contribution in [1.82, 2.24) is 10.2 Å². The van der Waals surface area contributed by atoms with Crippen molar-refractivity contribution < 1.29 is 9.59 Å². The van der Waals surface area contributed by atoms with Crippen molar-refractivity contribution in [2.45, 2.75) is 65.8 Å². The summed E-state index contributed by atoms with van der Waals surface area (Å²) in [7, 11) is 0. The number of nitrogens with zero attached hydrogens (tertiary/aromatic N) is 3. The van der Waals surface area contributed by atoms with Gasteiger partial charge in [0.1, 0.15) is 5.92 Å². The first-order valence-electron chi connectivity index (χ1n) is 8.33. The monoisotopic (exact) mass is 362 g/mol. The number of thioether (sulfide) groups is 1. The summed E-state index contributed by atoms with van der Waals surface area (Å²) in [5.41, 5.74) is -0.559. The first-order chi connectivity index (χ1) is 11.5. The van der Waals surface area contributed by atoms with Crippen LogP contribution in [-0.4, -0.2) is 34.0 Å². The van der Waals surface area contributed by atoms with Crippen LogP contribution in [0.25, 0.3) is 0 Å². The van der Waals surface area contributed by atoms with Gasteiger partial charge in [-0.3, -0.25) is 9.59 Å². The third-order valence-corrected chi connectivity index (χ3v) is 5.44. The molecule has 2 atom stereocenters. The van der Waals surface area contributed by atoms with E-state index in [1.807, 2.05) is 33.8 Å². The molecule has 0 aromatic rings. The molecule has 1 rings (SSSR count). The van der Waals surface area contributed by atoms with Crippen LogP contribution in [0.5, 0.6) is 0 Å². The SMILES string of the molecule is CC(C)N(C(=O)[C@@H](C)SC1=C(C#N)C(C)(C)[C@@H](C#N)C(=O)N1)C(C)C. The number of allylic oxidation sites excluding steroid dienone is 1. The minimum absolute atomic E-state index is 0.0470. The second-order valence-electron chi connectivity index (χ2n) is 7.28. The smallest absolute Gasteiger partial charge is 0.243 e. The van der Waals surface area contributed by atoms with Crippen molar-refractivity contribution in [1.29, 1.82) is 10.5 Å². The molecule has 1 aliphatic heterocycles. The fourth-order valence-corrected chi connectivity index (χ4v) is 4.22. The summed E-state index contributed by atoms with van der Waals surface area (Å²) >= 11 is 1.17. The summed E-state index contributed by atoms with van der Waals surface area (Å²) in [6, 6.07) is 4.20. The molecule has 6 nitrogen and oxygen atoms in total. The van der Waals surface area contributed by atoms with Crippen molar-refractivity contribution in [2.24, 2.45) is 11.3 Å². The van der Waals surface area contributed by atoms with Crippen LogP contribution in [0.1, 0.15) is 48.5 Å². The fraction of sp³-hybridized carbons (Fsp3) is 0.667. The van der Waals surface area contributed by atoms with Gasteiger partial charge in [-0.05, 0) is 34.6 Å². The lowest BCUT2D eigenvalue weighted by atomic mass is 9.72. The van der Waals surface area contributed by atoms with Gasteiger partial charge >= 0.3 is 0 Å². The fourth-order valence-electron chi connectivity index (χ4n) is 3.06. The van der Waals surface area contributed by atoms with Crippen molar-refractivity contribution >= 4 is 23.6 Å². The van der Waals surface area contributed by atoms with Crippen LogP contribution in [0.2, 0.25) is 0 Å². The molecule has 0 radical (unpaired) electrons. The molecule has 0 spiro atoms. The predicted octanol–water partition coefficient (Wildman–Crippen LogP) is 2.78. The number of nitrogens with one attached hydrogen (secondary N) is 1. The standard InChI is InChI=1S/C18H26N4O2S/c1-10(2)22(11(3)4)17(24)12(5)25-16-14(9-20)18(6,7)13(8-19)15(23)21-16/h10-13H,1-7H3,(H,21,23)/t12-,13+/m1/s1. The van der Waals surface area contributed by atoms with Gasteiger partial charge in [0.05, 0.1) is 28.0 Å². The van der Waals surface area contributed by atoms with Crippen molar-refractivity contribution in [3.63, 3.8) is 0 Å². The van der Waals surface area contributed by atoms with Gasteiger partial charge in [-0.25, -0.2) is 0 Å². The second kappa shape index (κ2) is 7.93. The van der Waals surface area contributed by atoms with E-state index in [9.17, 15) is 20.1 Å². The number of hydrogen-bond acceptors (Lipinski definition) is 5. The Morgan fingerprint density at radius 1 is 1.20 bits per heavy atom. The number of carbonyl (C=O) groups is 2. The molecular formula is C18H26N4O2S. The molecule has 1 heterocycles. The minimum atomic E-state index is -0.930. The van der Waals surface area contributed by atoms with Gasteiger partial charge in [-0.15, -0.1) is 0 Å². The Bertz CT molecular complexity index is 660. The van der Waals surface area contributed by atoms with Crippen LogP contribution >= 0.6 is 11.8 Å². The molecule has 0 fully saturated rings. The molecule has 0 unspecified atom stereocenters. The van der Waals surface area contributed by atoms with E-state index in [-0.39, 0.29) is 18.0 Å². The maximum absolute atomic E-state index is 12.8. The molecule has 136 valence electrons. The molecule has 2 amide bonds. The predicted molar refractivity (Wildman–Crippen MR) is 97.8 cm³/mol. The highest BCUT2D eigenvalue weighted by Gasteiger charge is 2.45. The zero-order valence-corrected chi connectivity index (χ0v) is 16.7. The first kappa shape index (κ1) is 21.1. The molecule has 0 aromatic heterocycles. The van der Waals surface area contributed by atoms with Crippen molar-refractivity contribution in [3.05, 3.63) is 10.6 Å². The summed E-state index contributed by atoms with van der Waals surface area (Å²) in [5, 5.41) is 21.4. The maximum atomic E-state index is 12.8. The van der Waals surface area contributed by atoms with E-state index in [0.717, 1.165) is 0 Å². The zero-order chi connectivity index (χ0) is 19.5. The highest BCUT2D eigenvalue weighted by atomic mass is 32.2. The van der Waals surface area contributed by atoms with Gasteiger partial charge in [0.25, 0.3) is 0 Å². The van der Waals surface area contributed by atoms with Crippen LogP contribution < -0.4 is 5.32 Å². The third-order valence-electron chi connectivity index (χ3n) is 4.34. The molecule has 7 heteroatoms. The summed E-state index contributed by atoms with van der Waals surface area (Å²) in [4.78, 5) is 26.8. The number of nitriles is 2. The quantitative estimate of drug-likeness (QED) is 0.811. The summed E-state index contributed by atoms with van der Waals surface area (Å²) in [6.45, 7) is 13.0. The van der Waals surface area contributed by atoms with Crippen molar-refractivity contribution in [2.75, 3.05) is 0 Å². The Morgan fingerprint density at radius 3 is 2.12 bits per heavy atom. The van der Waals surface area contributed by atoms with Gasteiger partial charge in [0.15, 0.2) is 0 Å². The highest BCUT2D eigenvalue weighted by molar-refractivity contribution is 8.04. The van der Waals surface area contributed by atoms with Gasteiger partial charge in [0.2, 0.25) is 11.8 Å².